The molecule has 260 valence electrons. The van der Waals surface area contributed by atoms with E-state index in [1.165, 1.54) is 151 Å². The van der Waals surface area contributed by atoms with Gasteiger partial charge in [0.1, 0.15) is 0 Å². The van der Waals surface area contributed by atoms with Crippen molar-refractivity contribution in [2.24, 2.45) is 0 Å². The summed E-state index contributed by atoms with van der Waals surface area (Å²) in [6.45, 7) is 1.21. The molecule has 0 aliphatic carbocycles. The highest BCUT2D eigenvalue weighted by molar-refractivity contribution is 7.99. The molecule has 0 aromatic heterocycles. The average molecular weight is 657 g/mol. The molecule has 1 fully saturated rings. The van der Waals surface area contributed by atoms with Crippen LogP contribution in [-0.4, -0.2) is 48.2 Å². The molecule has 0 aromatic rings. The molecule has 0 saturated carbocycles. The van der Waals surface area contributed by atoms with E-state index >= 15 is 0 Å². The standard InChI is InChI=1S/C38H72O4S2/c39-37-29-21-17-13-9-5-1-3-7-11-15-19-25-33-43-35-27-24-32-42-38(40)30-22-18-14-10-6-2-4-8-12-16-20-26-34-44-36-28-23-31-41-37/h1-36H2. The van der Waals surface area contributed by atoms with Crippen LogP contribution in [0.4, 0.5) is 0 Å². The smallest absolute Gasteiger partial charge is 0.305 e. The van der Waals surface area contributed by atoms with Gasteiger partial charge in [-0.1, -0.05) is 128 Å². The van der Waals surface area contributed by atoms with Gasteiger partial charge in [0.25, 0.3) is 0 Å². The molecule has 0 radical (unpaired) electrons. The summed E-state index contributed by atoms with van der Waals surface area (Å²) in [5, 5.41) is 0. The Kier molecular flexibility index (Phi) is 33.6. The molecule has 0 unspecified atom stereocenters. The zero-order valence-corrected chi connectivity index (χ0v) is 30.5. The maximum absolute atomic E-state index is 12.0. The van der Waals surface area contributed by atoms with Crippen molar-refractivity contribution in [2.45, 2.75) is 193 Å². The summed E-state index contributed by atoms with van der Waals surface area (Å²) in [7, 11) is 0. The summed E-state index contributed by atoms with van der Waals surface area (Å²) in [6.07, 6.45) is 36.9. The second-order valence-corrected chi connectivity index (χ2v) is 15.5. The number of esters is 2. The van der Waals surface area contributed by atoms with Crippen LogP contribution >= 0.6 is 23.5 Å². The van der Waals surface area contributed by atoms with E-state index in [1.54, 1.807) is 0 Å². The van der Waals surface area contributed by atoms with Gasteiger partial charge in [0.15, 0.2) is 0 Å². The minimum Gasteiger partial charge on any atom is -0.466 e. The molecular weight excluding hydrogens is 585 g/mol. The Hall–Kier alpha value is -0.360. The number of ether oxygens (including phenoxy) is 2. The molecule has 0 atom stereocenters. The van der Waals surface area contributed by atoms with Crippen molar-refractivity contribution in [3.05, 3.63) is 0 Å². The summed E-state index contributed by atoms with van der Waals surface area (Å²) < 4.78 is 10.9. The molecule has 1 aliphatic heterocycles. The first kappa shape index (κ1) is 41.7. The van der Waals surface area contributed by atoms with Crippen molar-refractivity contribution in [3.63, 3.8) is 0 Å². The fourth-order valence-corrected chi connectivity index (χ4v) is 7.86. The van der Waals surface area contributed by atoms with E-state index in [-0.39, 0.29) is 11.9 Å². The van der Waals surface area contributed by atoms with Gasteiger partial charge < -0.3 is 9.47 Å². The Labute approximate surface area is 282 Å². The average Bonchev–Trinajstić information content (AvgIpc) is 3.02. The van der Waals surface area contributed by atoms with E-state index in [0.717, 1.165) is 51.4 Å². The number of carbonyl (C=O) groups is 2. The largest absolute Gasteiger partial charge is 0.466 e. The summed E-state index contributed by atoms with van der Waals surface area (Å²) >= 11 is 4.13. The van der Waals surface area contributed by atoms with Crippen molar-refractivity contribution in [2.75, 3.05) is 36.2 Å². The first-order valence-electron chi connectivity index (χ1n) is 19.3. The minimum absolute atomic E-state index is 0.0101. The van der Waals surface area contributed by atoms with Crippen molar-refractivity contribution in [1.29, 1.82) is 0 Å². The molecule has 1 rings (SSSR count). The Morgan fingerprint density at radius 1 is 0.295 bits per heavy atom. The van der Waals surface area contributed by atoms with E-state index in [9.17, 15) is 9.59 Å². The highest BCUT2D eigenvalue weighted by Gasteiger charge is 2.04. The summed E-state index contributed by atoms with van der Waals surface area (Å²) in [4.78, 5) is 23.9. The molecule has 0 bridgehead atoms. The summed E-state index contributed by atoms with van der Waals surface area (Å²) in [6, 6.07) is 0. The molecule has 1 heterocycles. The van der Waals surface area contributed by atoms with Crippen molar-refractivity contribution >= 4 is 35.5 Å². The SMILES string of the molecule is O=C1CCCCCCCCCCCCCCSCCCCOC(=O)CCCCCCCCCCCCCCSCCCCO1. The minimum atomic E-state index is 0.0101. The molecule has 44 heavy (non-hydrogen) atoms. The predicted octanol–water partition coefficient (Wildman–Crippen LogP) is 12.3. The number of thioether (sulfide) groups is 2. The van der Waals surface area contributed by atoms with Gasteiger partial charge in [-0.2, -0.15) is 23.5 Å². The van der Waals surface area contributed by atoms with Gasteiger partial charge in [-0.05, 0) is 74.4 Å². The second-order valence-electron chi connectivity index (χ2n) is 13.1. The molecule has 6 heteroatoms. The summed E-state index contributed by atoms with van der Waals surface area (Å²) in [5.41, 5.74) is 0. The lowest BCUT2D eigenvalue weighted by molar-refractivity contribution is -0.144. The van der Waals surface area contributed by atoms with Crippen LogP contribution in [-0.2, 0) is 19.1 Å². The molecule has 4 nitrogen and oxygen atoms in total. The Balaban J connectivity index is 2.09. The third kappa shape index (κ3) is 33.0. The van der Waals surface area contributed by atoms with Crippen LogP contribution in [0.5, 0.6) is 0 Å². The van der Waals surface area contributed by atoms with Crippen molar-refractivity contribution in [3.8, 4) is 0 Å². The molecule has 1 saturated heterocycles. The van der Waals surface area contributed by atoms with Crippen LogP contribution in [0.25, 0.3) is 0 Å². The number of cyclic esters (lactones) is 2. The fraction of sp³-hybridized carbons (Fsp3) is 0.947. The third-order valence-electron chi connectivity index (χ3n) is 8.73. The first-order valence-corrected chi connectivity index (χ1v) is 21.6. The number of hydrogen-bond donors (Lipinski definition) is 0. The van der Waals surface area contributed by atoms with Gasteiger partial charge >= 0.3 is 11.9 Å². The third-order valence-corrected chi connectivity index (χ3v) is 11.0. The van der Waals surface area contributed by atoms with Gasteiger partial charge in [0.05, 0.1) is 13.2 Å². The highest BCUT2D eigenvalue weighted by Crippen LogP contribution is 2.16. The van der Waals surface area contributed by atoms with Gasteiger partial charge in [0, 0.05) is 12.8 Å². The zero-order valence-electron chi connectivity index (χ0n) is 28.9. The van der Waals surface area contributed by atoms with Gasteiger partial charge in [-0.15, -0.1) is 0 Å². The van der Waals surface area contributed by atoms with E-state index in [4.69, 9.17) is 9.47 Å². The number of rotatable bonds is 0. The van der Waals surface area contributed by atoms with Crippen LogP contribution in [0.3, 0.4) is 0 Å². The molecule has 0 N–H and O–H groups in total. The lowest BCUT2D eigenvalue weighted by Crippen LogP contribution is -2.05. The van der Waals surface area contributed by atoms with Crippen LogP contribution in [0.1, 0.15) is 193 Å². The quantitative estimate of drug-likeness (QED) is 0.242. The van der Waals surface area contributed by atoms with Gasteiger partial charge in [-0.25, -0.2) is 0 Å². The Morgan fingerprint density at radius 3 is 0.818 bits per heavy atom. The van der Waals surface area contributed by atoms with E-state index in [2.05, 4.69) is 23.5 Å². The Morgan fingerprint density at radius 2 is 0.523 bits per heavy atom. The van der Waals surface area contributed by atoms with Gasteiger partial charge in [-0.3, -0.25) is 9.59 Å². The van der Waals surface area contributed by atoms with Crippen molar-refractivity contribution < 1.29 is 19.1 Å². The highest BCUT2D eigenvalue weighted by atomic mass is 32.2. The van der Waals surface area contributed by atoms with E-state index in [0.29, 0.717) is 26.1 Å². The number of hydrogen-bond acceptors (Lipinski definition) is 6. The van der Waals surface area contributed by atoms with Crippen LogP contribution in [0.15, 0.2) is 0 Å². The molecular formula is C38H72O4S2. The van der Waals surface area contributed by atoms with Crippen molar-refractivity contribution in [1.82, 2.24) is 0 Å². The fourth-order valence-electron chi connectivity index (χ4n) is 5.82. The molecule has 1 aliphatic rings. The lowest BCUT2D eigenvalue weighted by Gasteiger charge is -2.06. The summed E-state index contributed by atoms with van der Waals surface area (Å²) in [5.74, 6) is 4.96. The monoisotopic (exact) mass is 656 g/mol. The van der Waals surface area contributed by atoms with E-state index in [1.807, 2.05) is 0 Å². The topological polar surface area (TPSA) is 52.6 Å². The number of carbonyl (C=O) groups excluding carboxylic acids is 2. The van der Waals surface area contributed by atoms with Crippen LogP contribution < -0.4 is 0 Å². The molecule has 0 amide bonds. The predicted molar refractivity (Wildman–Crippen MR) is 195 cm³/mol. The van der Waals surface area contributed by atoms with Crippen LogP contribution in [0.2, 0.25) is 0 Å². The maximum Gasteiger partial charge on any atom is 0.305 e. The van der Waals surface area contributed by atoms with Crippen LogP contribution in [0, 0.1) is 0 Å². The normalized spacial score (nSPS) is 23.2. The maximum atomic E-state index is 12.0. The molecule has 0 aromatic carbocycles. The lowest BCUT2D eigenvalue weighted by atomic mass is 10.0. The van der Waals surface area contributed by atoms with Gasteiger partial charge in [0.2, 0.25) is 0 Å². The zero-order chi connectivity index (χ0) is 31.4. The van der Waals surface area contributed by atoms with E-state index < -0.39 is 0 Å². The first-order chi connectivity index (χ1) is 21.8. The second kappa shape index (κ2) is 35.5. The molecule has 0 spiro atoms. The Bertz CT molecular complexity index is 516.